The Balaban J connectivity index is 1.49. The van der Waals surface area contributed by atoms with Gasteiger partial charge in [-0.3, -0.25) is 14.7 Å². The molecule has 6 nitrogen and oxygen atoms in total. The summed E-state index contributed by atoms with van der Waals surface area (Å²) in [7, 11) is 0. The van der Waals surface area contributed by atoms with Crippen LogP contribution < -0.4 is 5.56 Å². The molecule has 0 spiro atoms. The lowest BCUT2D eigenvalue weighted by molar-refractivity contribution is 0.242. The van der Waals surface area contributed by atoms with E-state index in [0.717, 1.165) is 52.6 Å². The van der Waals surface area contributed by atoms with Crippen molar-refractivity contribution >= 4 is 23.6 Å². The van der Waals surface area contributed by atoms with Gasteiger partial charge in [0.25, 0.3) is 5.56 Å². The SMILES string of the molecule is O=c1[nH]c(=S)[nH]c2c1CN(Cc1cn(-c3ccccc3)nc1-c1cccs1)CC2. The van der Waals surface area contributed by atoms with Gasteiger partial charge in [-0.2, -0.15) is 5.10 Å². The van der Waals surface area contributed by atoms with E-state index in [2.05, 4.69) is 32.5 Å². The molecule has 1 aliphatic rings. The second-order valence-corrected chi connectivity index (χ2v) is 8.44. The maximum absolute atomic E-state index is 12.3. The first-order chi connectivity index (χ1) is 14.2. The molecule has 3 aromatic heterocycles. The molecule has 0 bridgehead atoms. The van der Waals surface area contributed by atoms with E-state index in [1.54, 1.807) is 11.3 Å². The highest BCUT2D eigenvalue weighted by atomic mass is 32.1. The fourth-order valence-corrected chi connectivity index (χ4v) is 4.71. The van der Waals surface area contributed by atoms with E-state index >= 15 is 0 Å². The van der Waals surface area contributed by atoms with Crippen LogP contribution in [0.2, 0.25) is 0 Å². The van der Waals surface area contributed by atoms with Crippen molar-refractivity contribution in [2.75, 3.05) is 6.54 Å². The predicted octanol–water partition coefficient (Wildman–Crippen LogP) is 3.90. The number of H-pyrrole nitrogens is 2. The molecule has 0 saturated heterocycles. The van der Waals surface area contributed by atoms with Crippen molar-refractivity contribution in [3.63, 3.8) is 0 Å². The zero-order chi connectivity index (χ0) is 19.8. The Morgan fingerprint density at radius 1 is 1.14 bits per heavy atom. The van der Waals surface area contributed by atoms with Gasteiger partial charge >= 0.3 is 0 Å². The standard InChI is InChI=1S/C21H19N5OS2/c27-20-16-13-25(9-8-17(16)22-21(28)23-20)11-14-12-26(15-5-2-1-3-6-15)24-19(14)18-7-4-10-29-18/h1-7,10,12H,8-9,11,13H2,(H2,22,23,27,28). The minimum Gasteiger partial charge on any atom is -0.335 e. The molecule has 0 radical (unpaired) electrons. The minimum absolute atomic E-state index is 0.0908. The van der Waals surface area contributed by atoms with Gasteiger partial charge in [0.2, 0.25) is 0 Å². The van der Waals surface area contributed by atoms with Gasteiger partial charge in [-0.1, -0.05) is 24.3 Å². The first-order valence-corrected chi connectivity index (χ1v) is 10.7. The van der Waals surface area contributed by atoms with Gasteiger partial charge in [0.05, 0.1) is 16.1 Å². The van der Waals surface area contributed by atoms with Gasteiger partial charge in [0.1, 0.15) is 5.69 Å². The summed E-state index contributed by atoms with van der Waals surface area (Å²) in [4.78, 5) is 21.6. The third-order valence-electron chi connectivity index (χ3n) is 5.15. The third kappa shape index (κ3) is 3.62. The molecule has 0 amide bonds. The van der Waals surface area contributed by atoms with Gasteiger partial charge < -0.3 is 4.98 Å². The maximum atomic E-state index is 12.3. The number of aromatic amines is 2. The second-order valence-electron chi connectivity index (χ2n) is 7.09. The number of rotatable bonds is 4. The summed E-state index contributed by atoms with van der Waals surface area (Å²) in [6.07, 6.45) is 2.88. The van der Waals surface area contributed by atoms with Gasteiger partial charge in [-0.15, -0.1) is 11.3 Å². The summed E-state index contributed by atoms with van der Waals surface area (Å²) in [6, 6.07) is 14.3. The molecule has 0 saturated carbocycles. The monoisotopic (exact) mass is 421 g/mol. The van der Waals surface area contributed by atoms with E-state index in [4.69, 9.17) is 17.3 Å². The quantitative estimate of drug-likeness (QED) is 0.490. The Bertz CT molecular complexity index is 1250. The molecule has 0 aliphatic carbocycles. The van der Waals surface area contributed by atoms with E-state index < -0.39 is 0 Å². The van der Waals surface area contributed by atoms with Crippen molar-refractivity contribution in [3.05, 3.63) is 86.0 Å². The van der Waals surface area contributed by atoms with Crippen molar-refractivity contribution in [1.82, 2.24) is 24.6 Å². The molecular formula is C21H19N5OS2. The Morgan fingerprint density at radius 2 is 2.00 bits per heavy atom. The molecule has 5 rings (SSSR count). The highest BCUT2D eigenvalue weighted by Crippen LogP contribution is 2.29. The van der Waals surface area contributed by atoms with Crippen LogP contribution in [0.3, 0.4) is 0 Å². The van der Waals surface area contributed by atoms with Crippen LogP contribution in [0.25, 0.3) is 16.3 Å². The normalized spacial score (nSPS) is 14.1. The molecule has 0 unspecified atom stereocenters. The van der Waals surface area contributed by atoms with Crippen LogP contribution in [-0.2, 0) is 19.5 Å². The fourth-order valence-electron chi connectivity index (χ4n) is 3.75. The largest absolute Gasteiger partial charge is 0.335 e. The molecule has 1 aliphatic heterocycles. The molecule has 0 fully saturated rings. The molecule has 1 aromatic carbocycles. The van der Waals surface area contributed by atoms with Gasteiger partial charge in [-0.25, -0.2) is 4.68 Å². The van der Waals surface area contributed by atoms with E-state index in [1.807, 2.05) is 41.1 Å². The van der Waals surface area contributed by atoms with E-state index in [0.29, 0.717) is 11.3 Å². The van der Waals surface area contributed by atoms with Crippen molar-refractivity contribution in [2.45, 2.75) is 19.5 Å². The highest BCUT2D eigenvalue weighted by Gasteiger charge is 2.22. The number of nitrogens with zero attached hydrogens (tertiary/aromatic N) is 3. The van der Waals surface area contributed by atoms with Gasteiger partial charge in [0.15, 0.2) is 4.77 Å². The maximum Gasteiger partial charge on any atom is 0.256 e. The molecule has 8 heteroatoms. The average molecular weight is 422 g/mol. The zero-order valence-electron chi connectivity index (χ0n) is 15.6. The topological polar surface area (TPSA) is 69.7 Å². The molecule has 2 N–H and O–H groups in total. The lowest BCUT2D eigenvalue weighted by Crippen LogP contribution is -2.35. The summed E-state index contributed by atoms with van der Waals surface area (Å²) in [5.41, 5.74) is 4.82. The van der Waals surface area contributed by atoms with Crippen LogP contribution >= 0.6 is 23.6 Å². The fraction of sp³-hybridized carbons (Fsp3) is 0.190. The minimum atomic E-state index is -0.0908. The van der Waals surface area contributed by atoms with Crippen molar-refractivity contribution in [3.8, 4) is 16.3 Å². The Morgan fingerprint density at radius 3 is 2.79 bits per heavy atom. The highest BCUT2D eigenvalue weighted by molar-refractivity contribution is 7.71. The summed E-state index contributed by atoms with van der Waals surface area (Å²) in [5.74, 6) is 0. The number of nitrogens with one attached hydrogen (secondary N) is 2. The van der Waals surface area contributed by atoms with Crippen molar-refractivity contribution in [1.29, 1.82) is 0 Å². The molecule has 0 atom stereocenters. The molecule has 29 heavy (non-hydrogen) atoms. The predicted molar refractivity (Wildman–Crippen MR) is 117 cm³/mol. The van der Waals surface area contributed by atoms with Crippen LogP contribution in [0.15, 0.2) is 58.8 Å². The summed E-state index contributed by atoms with van der Waals surface area (Å²) < 4.78 is 2.33. The zero-order valence-corrected chi connectivity index (χ0v) is 17.2. The van der Waals surface area contributed by atoms with Crippen LogP contribution in [0.1, 0.15) is 16.8 Å². The van der Waals surface area contributed by atoms with Gasteiger partial charge in [0, 0.05) is 43.5 Å². The van der Waals surface area contributed by atoms with Crippen molar-refractivity contribution < 1.29 is 0 Å². The lowest BCUT2D eigenvalue weighted by Gasteiger charge is -2.27. The Hall–Kier alpha value is -2.81. The Labute approximate surface area is 176 Å². The number of hydrogen-bond acceptors (Lipinski definition) is 5. The molecule has 4 heterocycles. The first kappa shape index (κ1) is 18.2. The second kappa shape index (κ2) is 7.55. The average Bonchev–Trinajstić information content (AvgIpc) is 3.39. The summed E-state index contributed by atoms with van der Waals surface area (Å²) >= 11 is 6.78. The van der Waals surface area contributed by atoms with Crippen LogP contribution in [0, 0.1) is 4.77 Å². The third-order valence-corrected chi connectivity index (χ3v) is 6.23. The van der Waals surface area contributed by atoms with Crippen LogP contribution in [0.4, 0.5) is 0 Å². The number of thiophene rings is 1. The van der Waals surface area contributed by atoms with E-state index in [1.165, 1.54) is 0 Å². The Kier molecular flexibility index (Phi) is 4.75. The lowest BCUT2D eigenvalue weighted by atomic mass is 10.1. The summed E-state index contributed by atoms with van der Waals surface area (Å²) in [5, 5.41) is 6.94. The number of benzene rings is 1. The van der Waals surface area contributed by atoms with E-state index in [-0.39, 0.29) is 5.56 Å². The number of fused-ring (bicyclic) bond motifs is 1. The van der Waals surface area contributed by atoms with Crippen molar-refractivity contribution in [2.24, 2.45) is 0 Å². The van der Waals surface area contributed by atoms with E-state index in [9.17, 15) is 4.79 Å². The number of hydrogen-bond donors (Lipinski definition) is 2. The number of para-hydroxylation sites is 1. The van der Waals surface area contributed by atoms with Crippen LogP contribution in [0.5, 0.6) is 0 Å². The first-order valence-electron chi connectivity index (χ1n) is 9.42. The molecule has 4 aromatic rings. The van der Waals surface area contributed by atoms with Crippen LogP contribution in [-0.4, -0.2) is 31.2 Å². The smallest absolute Gasteiger partial charge is 0.256 e. The molecule has 146 valence electrons. The molecular weight excluding hydrogens is 402 g/mol. The summed E-state index contributed by atoms with van der Waals surface area (Å²) in [6.45, 7) is 2.19. The number of aromatic nitrogens is 4. The van der Waals surface area contributed by atoms with Gasteiger partial charge in [-0.05, 0) is 35.8 Å².